The van der Waals surface area contributed by atoms with E-state index in [1.165, 1.54) is 7.05 Å². The SMILES string of the molecule is CNS(=O)(=O)c1ccccc1NCC1(C)CCCO1. The molecule has 1 aliphatic heterocycles. The van der Waals surface area contributed by atoms with Crippen molar-refractivity contribution >= 4 is 15.7 Å². The van der Waals surface area contributed by atoms with Crippen molar-refractivity contribution < 1.29 is 13.2 Å². The number of anilines is 1. The number of hydrogen-bond acceptors (Lipinski definition) is 4. The molecule has 0 bridgehead atoms. The number of hydrogen-bond donors (Lipinski definition) is 2. The molecule has 1 fully saturated rings. The summed E-state index contributed by atoms with van der Waals surface area (Å²) in [6.07, 6.45) is 2.04. The monoisotopic (exact) mass is 284 g/mol. The highest BCUT2D eigenvalue weighted by molar-refractivity contribution is 7.89. The van der Waals surface area contributed by atoms with Crippen molar-refractivity contribution in [3.05, 3.63) is 24.3 Å². The predicted octanol–water partition coefficient (Wildman–Crippen LogP) is 1.58. The molecule has 1 heterocycles. The van der Waals surface area contributed by atoms with Crippen molar-refractivity contribution in [2.24, 2.45) is 0 Å². The summed E-state index contributed by atoms with van der Waals surface area (Å²) in [5.74, 6) is 0. The van der Waals surface area contributed by atoms with Crippen LogP contribution in [-0.2, 0) is 14.8 Å². The van der Waals surface area contributed by atoms with Crippen molar-refractivity contribution in [2.45, 2.75) is 30.3 Å². The lowest BCUT2D eigenvalue weighted by molar-refractivity contribution is 0.0315. The lowest BCUT2D eigenvalue weighted by Crippen LogP contribution is -2.33. The van der Waals surface area contributed by atoms with E-state index in [0.29, 0.717) is 12.2 Å². The zero-order chi connectivity index (χ0) is 13.9. The number of nitrogens with one attached hydrogen (secondary N) is 2. The van der Waals surface area contributed by atoms with Crippen LogP contribution in [0.1, 0.15) is 19.8 Å². The maximum atomic E-state index is 11.9. The summed E-state index contributed by atoms with van der Waals surface area (Å²) in [5.41, 5.74) is 0.393. The molecule has 1 aromatic carbocycles. The largest absolute Gasteiger partial charge is 0.381 e. The van der Waals surface area contributed by atoms with Gasteiger partial charge in [0.15, 0.2) is 0 Å². The Morgan fingerprint density at radius 2 is 2.11 bits per heavy atom. The second kappa shape index (κ2) is 5.48. The summed E-state index contributed by atoms with van der Waals surface area (Å²) in [6.45, 7) is 3.42. The van der Waals surface area contributed by atoms with Gasteiger partial charge in [-0.2, -0.15) is 0 Å². The molecule has 0 radical (unpaired) electrons. The quantitative estimate of drug-likeness (QED) is 0.861. The molecule has 6 heteroatoms. The van der Waals surface area contributed by atoms with E-state index in [9.17, 15) is 8.42 Å². The van der Waals surface area contributed by atoms with Gasteiger partial charge in [-0.1, -0.05) is 12.1 Å². The van der Waals surface area contributed by atoms with Gasteiger partial charge in [0.05, 0.1) is 11.3 Å². The second-order valence-electron chi connectivity index (χ2n) is 4.96. The van der Waals surface area contributed by atoms with Crippen LogP contribution in [0.4, 0.5) is 5.69 Å². The van der Waals surface area contributed by atoms with Gasteiger partial charge in [-0.05, 0) is 38.9 Å². The van der Waals surface area contributed by atoms with E-state index in [0.717, 1.165) is 19.4 Å². The molecule has 0 aliphatic carbocycles. The van der Waals surface area contributed by atoms with Gasteiger partial charge in [0.1, 0.15) is 4.90 Å². The topological polar surface area (TPSA) is 67.4 Å². The summed E-state index contributed by atoms with van der Waals surface area (Å²) in [6, 6.07) is 6.88. The average molecular weight is 284 g/mol. The van der Waals surface area contributed by atoms with Crippen molar-refractivity contribution in [2.75, 3.05) is 25.5 Å². The molecule has 5 nitrogen and oxygen atoms in total. The van der Waals surface area contributed by atoms with Crippen LogP contribution in [0.2, 0.25) is 0 Å². The first-order valence-corrected chi connectivity index (χ1v) is 7.86. The van der Waals surface area contributed by atoms with Gasteiger partial charge in [-0.3, -0.25) is 0 Å². The van der Waals surface area contributed by atoms with Gasteiger partial charge in [0, 0.05) is 13.2 Å². The Morgan fingerprint density at radius 1 is 1.37 bits per heavy atom. The fraction of sp³-hybridized carbons (Fsp3) is 0.538. The van der Waals surface area contributed by atoms with Gasteiger partial charge in [0.25, 0.3) is 0 Å². The van der Waals surface area contributed by atoms with E-state index >= 15 is 0 Å². The van der Waals surface area contributed by atoms with Crippen LogP contribution >= 0.6 is 0 Å². The summed E-state index contributed by atoms with van der Waals surface area (Å²) < 4.78 is 31.9. The summed E-state index contributed by atoms with van der Waals surface area (Å²) in [4.78, 5) is 0.263. The Bertz CT molecular complexity index is 537. The molecule has 0 saturated carbocycles. The van der Waals surface area contributed by atoms with Crippen LogP contribution in [0.3, 0.4) is 0 Å². The van der Waals surface area contributed by atoms with Crippen LogP contribution in [-0.4, -0.2) is 34.2 Å². The molecule has 0 amide bonds. The van der Waals surface area contributed by atoms with E-state index in [4.69, 9.17) is 4.74 Å². The predicted molar refractivity (Wildman–Crippen MR) is 74.8 cm³/mol. The third-order valence-corrected chi connectivity index (χ3v) is 4.87. The Kier molecular flexibility index (Phi) is 4.13. The Labute approximate surface area is 114 Å². The maximum Gasteiger partial charge on any atom is 0.242 e. The standard InChI is InChI=1S/C13H20N2O3S/c1-13(8-5-9-18-13)10-15-11-6-3-4-7-12(11)19(16,17)14-2/h3-4,6-7,14-15H,5,8-10H2,1-2H3. The van der Waals surface area contributed by atoms with Gasteiger partial charge in [0.2, 0.25) is 10.0 Å². The van der Waals surface area contributed by atoms with E-state index in [1.807, 2.05) is 13.0 Å². The summed E-state index contributed by atoms with van der Waals surface area (Å²) in [7, 11) is -2.04. The fourth-order valence-corrected chi connectivity index (χ4v) is 3.12. The molecule has 0 spiro atoms. The van der Waals surface area contributed by atoms with Gasteiger partial charge >= 0.3 is 0 Å². The molecule has 1 atom stereocenters. The second-order valence-corrected chi connectivity index (χ2v) is 6.81. The molecular formula is C13H20N2O3S. The lowest BCUT2D eigenvalue weighted by atomic mass is 10.0. The zero-order valence-corrected chi connectivity index (χ0v) is 12.1. The molecule has 1 aliphatic rings. The van der Waals surface area contributed by atoms with Crippen LogP contribution < -0.4 is 10.0 Å². The number of rotatable bonds is 5. The first-order chi connectivity index (χ1) is 8.97. The summed E-state index contributed by atoms with van der Waals surface area (Å²) >= 11 is 0. The van der Waals surface area contributed by atoms with Crippen LogP contribution in [0.25, 0.3) is 0 Å². The first-order valence-electron chi connectivity index (χ1n) is 6.37. The number of benzene rings is 1. The Balaban J connectivity index is 2.17. The third kappa shape index (κ3) is 3.26. The fourth-order valence-electron chi connectivity index (χ4n) is 2.22. The van der Waals surface area contributed by atoms with Crippen LogP contribution in [0, 0.1) is 0 Å². The maximum absolute atomic E-state index is 11.9. The van der Waals surface area contributed by atoms with E-state index in [2.05, 4.69) is 10.0 Å². The van der Waals surface area contributed by atoms with Gasteiger partial charge < -0.3 is 10.1 Å². The number of sulfonamides is 1. The van der Waals surface area contributed by atoms with E-state index in [1.54, 1.807) is 18.2 Å². The molecule has 1 saturated heterocycles. The van der Waals surface area contributed by atoms with E-state index < -0.39 is 10.0 Å². The number of para-hydroxylation sites is 1. The molecule has 2 N–H and O–H groups in total. The summed E-state index contributed by atoms with van der Waals surface area (Å²) in [5, 5.41) is 3.19. The molecule has 1 aromatic rings. The first kappa shape index (κ1) is 14.3. The highest BCUT2D eigenvalue weighted by Crippen LogP contribution is 2.27. The smallest absolute Gasteiger partial charge is 0.242 e. The average Bonchev–Trinajstić information content (AvgIpc) is 2.84. The minimum atomic E-state index is -3.45. The molecule has 1 unspecified atom stereocenters. The lowest BCUT2D eigenvalue weighted by Gasteiger charge is -2.24. The normalized spacial score (nSPS) is 23.5. The van der Waals surface area contributed by atoms with E-state index in [-0.39, 0.29) is 10.5 Å². The molecule has 2 rings (SSSR count). The molecular weight excluding hydrogens is 264 g/mol. The van der Waals surface area contributed by atoms with Crippen molar-refractivity contribution in [3.8, 4) is 0 Å². The van der Waals surface area contributed by atoms with Crippen molar-refractivity contribution in [1.29, 1.82) is 0 Å². The third-order valence-electron chi connectivity index (χ3n) is 3.40. The van der Waals surface area contributed by atoms with Gasteiger partial charge in [-0.15, -0.1) is 0 Å². The molecule has 19 heavy (non-hydrogen) atoms. The highest BCUT2D eigenvalue weighted by atomic mass is 32.2. The Hall–Kier alpha value is -1.11. The number of ether oxygens (including phenoxy) is 1. The van der Waals surface area contributed by atoms with Gasteiger partial charge in [-0.25, -0.2) is 13.1 Å². The molecule has 0 aromatic heterocycles. The highest BCUT2D eigenvalue weighted by Gasteiger charge is 2.30. The minimum Gasteiger partial charge on any atom is -0.381 e. The Morgan fingerprint density at radius 3 is 2.74 bits per heavy atom. The van der Waals surface area contributed by atoms with Crippen molar-refractivity contribution in [3.63, 3.8) is 0 Å². The zero-order valence-electron chi connectivity index (χ0n) is 11.3. The van der Waals surface area contributed by atoms with Crippen molar-refractivity contribution in [1.82, 2.24) is 4.72 Å². The van der Waals surface area contributed by atoms with Crippen LogP contribution in [0.15, 0.2) is 29.2 Å². The molecule has 106 valence electrons. The van der Waals surface area contributed by atoms with Crippen LogP contribution in [0.5, 0.6) is 0 Å². The minimum absolute atomic E-state index is 0.212.